The minimum atomic E-state index is -0.0216. The Morgan fingerprint density at radius 3 is 2.62 bits per heavy atom. The van der Waals surface area contributed by atoms with E-state index in [1.807, 2.05) is 6.92 Å². The van der Waals surface area contributed by atoms with Crippen molar-refractivity contribution in [3.8, 4) is 0 Å². The largest absolute Gasteiger partial charge is 0.342 e. The zero-order valence-corrected chi connectivity index (χ0v) is 5.40. The van der Waals surface area contributed by atoms with Crippen molar-refractivity contribution in [2.75, 3.05) is 5.88 Å². The van der Waals surface area contributed by atoms with Crippen LogP contribution < -0.4 is 10.9 Å². The van der Waals surface area contributed by atoms with Crippen LogP contribution in [0.2, 0.25) is 0 Å². The van der Waals surface area contributed by atoms with E-state index in [0.29, 0.717) is 5.88 Å². The lowest BCUT2D eigenvalue weighted by Gasteiger charge is -2.01. The number of hydrogen-bond donors (Lipinski definition) is 2. The first-order valence-corrected chi connectivity index (χ1v) is 3.09. The number of ether oxygens (including phenoxy) is 1. The van der Waals surface area contributed by atoms with Gasteiger partial charge in [-0.1, -0.05) is 0 Å². The number of halogens is 1. The maximum atomic E-state index is 5.45. The van der Waals surface area contributed by atoms with Crippen molar-refractivity contribution in [1.29, 1.82) is 0 Å². The van der Waals surface area contributed by atoms with Crippen molar-refractivity contribution in [1.82, 2.24) is 10.9 Å². The van der Waals surface area contributed by atoms with Crippen LogP contribution in [0.5, 0.6) is 0 Å². The van der Waals surface area contributed by atoms with Crippen LogP contribution >= 0.6 is 11.6 Å². The molecule has 0 spiro atoms. The first kappa shape index (κ1) is 6.29. The number of rotatable bonds is 1. The fourth-order valence-corrected chi connectivity index (χ4v) is 0.750. The maximum absolute atomic E-state index is 5.45. The average Bonchev–Trinajstić information content (AvgIpc) is 2.14. The molecule has 2 atom stereocenters. The molecule has 1 heterocycles. The molecule has 0 saturated carbocycles. The van der Waals surface area contributed by atoms with E-state index in [1.54, 1.807) is 0 Å². The van der Waals surface area contributed by atoms with Gasteiger partial charge in [-0.2, -0.15) is 0 Å². The van der Waals surface area contributed by atoms with E-state index in [9.17, 15) is 0 Å². The molecule has 48 valence electrons. The molecular weight excluding hydrogens is 128 g/mol. The Bertz CT molecular complexity index is 80.4. The first-order chi connectivity index (χ1) is 3.83. The van der Waals surface area contributed by atoms with Gasteiger partial charge in [-0.3, -0.25) is 0 Å². The minimum Gasteiger partial charge on any atom is -0.342 e. The van der Waals surface area contributed by atoms with Gasteiger partial charge in [-0.05, 0) is 6.92 Å². The van der Waals surface area contributed by atoms with Crippen LogP contribution in [0.4, 0.5) is 0 Å². The van der Waals surface area contributed by atoms with Crippen molar-refractivity contribution in [3.63, 3.8) is 0 Å². The normalized spacial score (nSPS) is 38.2. The summed E-state index contributed by atoms with van der Waals surface area (Å²) in [6.45, 7) is 1.92. The lowest BCUT2D eigenvalue weighted by Crippen LogP contribution is -2.32. The number of hydrazine groups is 1. The summed E-state index contributed by atoms with van der Waals surface area (Å²) in [5.74, 6) is 0.483. The highest BCUT2D eigenvalue weighted by atomic mass is 35.5. The molecule has 1 aliphatic heterocycles. The van der Waals surface area contributed by atoms with Crippen LogP contribution in [0, 0.1) is 0 Å². The molecule has 0 unspecified atom stereocenters. The van der Waals surface area contributed by atoms with Crippen LogP contribution in [-0.2, 0) is 4.74 Å². The molecule has 0 amide bonds. The molecule has 1 rings (SSSR count). The van der Waals surface area contributed by atoms with Gasteiger partial charge in [-0.25, -0.2) is 10.9 Å². The van der Waals surface area contributed by atoms with E-state index in [-0.39, 0.29) is 12.5 Å². The Morgan fingerprint density at radius 2 is 2.38 bits per heavy atom. The molecule has 0 radical (unpaired) electrons. The van der Waals surface area contributed by atoms with Gasteiger partial charge in [-0.15, -0.1) is 11.6 Å². The van der Waals surface area contributed by atoms with E-state index in [4.69, 9.17) is 16.3 Å². The topological polar surface area (TPSA) is 33.3 Å². The van der Waals surface area contributed by atoms with Crippen LogP contribution in [0.25, 0.3) is 0 Å². The summed E-state index contributed by atoms with van der Waals surface area (Å²) in [7, 11) is 0. The van der Waals surface area contributed by atoms with Crippen molar-refractivity contribution >= 4 is 11.6 Å². The summed E-state index contributed by atoms with van der Waals surface area (Å²) in [4.78, 5) is 0. The second-order valence-corrected chi connectivity index (χ2v) is 2.02. The fourth-order valence-electron chi connectivity index (χ4n) is 0.600. The molecule has 2 N–H and O–H groups in total. The SMILES string of the molecule is C[C@H]1NN[C@H](CCl)O1. The van der Waals surface area contributed by atoms with Crippen LogP contribution in [0.3, 0.4) is 0 Å². The highest BCUT2D eigenvalue weighted by molar-refractivity contribution is 6.18. The predicted octanol–water partition coefficient (Wildman–Crippen LogP) is 0.0217. The summed E-state index contributed by atoms with van der Waals surface area (Å²) in [5, 5.41) is 0. The summed E-state index contributed by atoms with van der Waals surface area (Å²) in [6.07, 6.45) is 0.0606. The predicted molar refractivity (Wildman–Crippen MR) is 31.3 cm³/mol. The molecule has 0 aromatic carbocycles. The van der Waals surface area contributed by atoms with Crippen LogP contribution in [0.1, 0.15) is 6.92 Å². The quantitative estimate of drug-likeness (QED) is 0.499. The number of nitrogens with one attached hydrogen (secondary N) is 2. The van der Waals surface area contributed by atoms with Crippen molar-refractivity contribution in [3.05, 3.63) is 0 Å². The third-order valence-corrected chi connectivity index (χ3v) is 1.24. The lowest BCUT2D eigenvalue weighted by molar-refractivity contribution is 0.0595. The molecule has 4 heteroatoms. The Morgan fingerprint density at radius 1 is 1.62 bits per heavy atom. The highest BCUT2D eigenvalue weighted by Crippen LogP contribution is 1.99. The van der Waals surface area contributed by atoms with Gasteiger partial charge in [0.05, 0.1) is 5.88 Å². The lowest BCUT2D eigenvalue weighted by atomic mass is 10.7. The Balaban J connectivity index is 2.22. The van der Waals surface area contributed by atoms with Crippen molar-refractivity contribution < 1.29 is 4.74 Å². The molecule has 0 aromatic rings. The second kappa shape index (κ2) is 2.64. The first-order valence-electron chi connectivity index (χ1n) is 2.55. The van der Waals surface area contributed by atoms with Gasteiger partial charge in [0.2, 0.25) is 0 Å². The van der Waals surface area contributed by atoms with E-state index in [2.05, 4.69) is 10.9 Å². The molecule has 0 aliphatic carbocycles. The monoisotopic (exact) mass is 136 g/mol. The van der Waals surface area contributed by atoms with Crippen LogP contribution in [-0.4, -0.2) is 18.3 Å². The zero-order valence-electron chi connectivity index (χ0n) is 4.65. The summed E-state index contributed by atoms with van der Waals surface area (Å²) >= 11 is 5.45. The zero-order chi connectivity index (χ0) is 5.98. The molecular formula is C4H9ClN2O. The molecule has 8 heavy (non-hydrogen) atoms. The van der Waals surface area contributed by atoms with E-state index >= 15 is 0 Å². The maximum Gasteiger partial charge on any atom is 0.136 e. The number of alkyl halides is 1. The highest BCUT2D eigenvalue weighted by Gasteiger charge is 2.17. The molecule has 1 saturated heterocycles. The number of hydrogen-bond acceptors (Lipinski definition) is 3. The van der Waals surface area contributed by atoms with Gasteiger partial charge in [0.1, 0.15) is 12.5 Å². The Kier molecular flexibility index (Phi) is 2.08. The molecule has 1 aliphatic rings. The van der Waals surface area contributed by atoms with E-state index in [0.717, 1.165) is 0 Å². The van der Waals surface area contributed by atoms with Gasteiger partial charge in [0.25, 0.3) is 0 Å². The fraction of sp³-hybridized carbons (Fsp3) is 1.00. The average molecular weight is 137 g/mol. The van der Waals surface area contributed by atoms with Crippen molar-refractivity contribution in [2.45, 2.75) is 19.4 Å². The molecule has 0 bridgehead atoms. The summed E-state index contributed by atoms with van der Waals surface area (Å²) in [5.41, 5.74) is 5.72. The standard InChI is InChI=1S/C4H9ClN2O/c1-3-6-7-4(2-5)8-3/h3-4,6-7H,2H2,1H3/t3-,4-/m0/s1. The van der Waals surface area contributed by atoms with Gasteiger partial charge in [0.15, 0.2) is 0 Å². The van der Waals surface area contributed by atoms with Gasteiger partial charge < -0.3 is 4.74 Å². The third-order valence-electron chi connectivity index (χ3n) is 0.956. The van der Waals surface area contributed by atoms with Gasteiger partial charge >= 0.3 is 0 Å². The summed E-state index contributed by atoms with van der Waals surface area (Å²) < 4.78 is 5.16. The van der Waals surface area contributed by atoms with Crippen molar-refractivity contribution in [2.24, 2.45) is 0 Å². The second-order valence-electron chi connectivity index (χ2n) is 1.71. The third kappa shape index (κ3) is 1.32. The Hall–Kier alpha value is 0.170. The van der Waals surface area contributed by atoms with E-state index in [1.165, 1.54) is 0 Å². The van der Waals surface area contributed by atoms with Crippen LogP contribution in [0.15, 0.2) is 0 Å². The minimum absolute atomic E-state index is 0.0216. The molecule has 3 nitrogen and oxygen atoms in total. The summed E-state index contributed by atoms with van der Waals surface area (Å²) in [6, 6.07) is 0. The van der Waals surface area contributed by atoms with Gasteiger partial charge in [0, 0.05) is 0 Å². The molecule has 0 aromatic heterocycles. The smallest absolute Gasteiger partial charge is 0.136 e. The Labute approximate surface area is 53.3 Å². The van der Waals surface area contributed by atoms with E-state index < -0.39 is 0 Å². The molecule has 1 fully saturated rings.